The minimum absolute atomic E-state index is 0.520. The Labute approximate surface area is 129 Å². The van der Waals surface area contributed by atoms with E-state index in [4.69, 9.17) is 11.6 Å². The summed E-state index contributed by atoms with van der Waals surface area (Å²) in [7, 11) is 0. The maximum atomic E-state index is 6.32. The van der Waals surface area contributed by atoms with Gasteiger partial charge in [0.2, 0.25) is 0 Å². The Hall–Kier alpha value is -1.81. The Morgan fingerprint density at radius 2 is 2.10 bits per heavy atom. The number of pyridine rings is 2. The van der Waals surface area contributed by atoms with Gasteiger partial charge < -0.3 is 9.80 Å². The van der Waals surface area contributed by atoms with Crippen LogP contribution in [-0.4, -0.2) is 35.6 Å². The Balaban J connectivity index is 1.58. The highest BCUT2D eigenvalue weighted by Crippen LogP contribution is 2.38. The van der Waals surface area contributed by atoms with Gasteiger partial charge in [-0.05, 0) is 24.6 Å². The molecule has 0 aliphatic carbocycles. The Bertz CT molecular complexity index is 633. The van der Waals surface area contributed by atoms with Gasteiger partial charge in [0.25, 0.3) is 0 Å². The van der Waals surface area contributed by atoms with Crippen molar-refractivity contribution in [3.05, 3.63) is 47.9 Å². The van der Waals surface area contributed by atoms with Gasteiger partial charge in [-0.3, -0.25) is 4.98 Å². The number of halogens is 1. The first-order valence-corrected chi connectivity index (χ1v) is 7.73. The normalized spacial score (nSPS) is 24.4. The lowest BCUT2D eigenvalue weighted by atomic mass is 10.1. The summed E-state index contributed by atoms with van der Waals surface area (Å²) in [5.41, 5.74) is 1.11. The molecule has 0 spiro atoms. The van der Waals surface area contributed by atoms with Crippen molar-refractivity contribution < 1.29 is 0 Å². The van der Waals surface area contributed by atoms with Gasteiger partial charge in [-0.2, -0.15) is 0 Å². The first-order chi connectivity index (χ1) is 10.3. The number of anilines is 2. The van der Waals surface area contributed by atoms with Crippen molar-refractivity contribution >= 4 is 23.1 Å². The lowest BCUT2D eigenvalue weighted by molar-refractivity contribution is 0.581. The molecule has 21 heavy (non-hydrogen) atoms. The van der Waals surface area contributed by atoms with Crippen LogP contribution in [0.25, 0.3) is 0 Å². The number of aromatic nitrogens is 2. The van der Waals surface area contributed by atoms with E-state index in [-0.39, 0.29) is 0 Å². The first-order valence-electron chi connectivity index (χ1n) is 7.35. The molecule has 0 aromatic carbocycles. The van der Waals surface area contributed by atoms with Gasteiger partial charge in [0.1, 0.15) is 5.82 Å². The van der Waals surface area contributed by atoms with Gasteiger partial charge in [0.15, 0.2) is 0 Å². The van der Waals surface area contributed by atoms with Gasteiger partial charge in [-0.15, -0.1) is 0 Å². The monoisotopic (exact) mass is 300 g/mol. The number of hydrogen-bond acceptors (Lipinski definition) is 4. The quantitative estimate of drug-likeness (QED) is 0.854. The summed E-state index contributed by atoms with van der Waals surface area (Å²) < 4.78 is 0. The van der Waals surface area contributed by atoms with Crippen molar-refractivity contribution in [3.63, 3.8) is 0 Å². The zero-order chi connectivity index (χ0) is 14.2. The summed E-state index contributed by atoms with van der Waals surface area (Å²) in [4.78, 5) is 13.4. The van der Waals surface area contributed by atoms with Crippen LogP contribution in [0.2, 0.25) is 5.02 Å². The molecule has 0 radical (unpaired) electrons. The highest BCUT2D eigenvalue weighted by Gasteiger charge is 2.42. The molecule has 0 amide bonds. The molecular weight excluding hydrogens is 284 g/mol. The highest BCUT2D eigenvalue weighted by molar-refractivity contribution is 6.33. The van der Waals surface area contributed by atoms with Gasteiger partial charge in [0.05, 0.1) is 16.8 Å². The van der Waals surface area contributed by atoms with Gasteiger partial charge in [-0.25, -0.2) is 4.98 Å². The van der Waals surface area contributed by atoms with E-state index in [1.54, 1.807) is 6.20 Å². The molecule has 4 rings (SSSR count). The Morgan fingerprint density at radius 1 is 1.14 bits per heavy atom. The van der Waals surface area contributed by atoms with E-state index in [2.05, 4.69) is 25.8 Å². The highest BCUT2D eigenvalue weighted by atomic mass is 35.5. The molecule has 4 nitrogen and oxygen atoms in total. The van der Waals surface area contributed by atoms with Crippen LogP contribution in [0, 0.1) is 5.92 Å². The van der Waals surface area contributed by atoms with E-state index < -0.39 is 0 Å². The maximum Gasteiger partial charge on any atom is 0.128 e. The molecule has 0 N–H and O–H groups in total. The minimum atomic E-state index is 0.520. The van der Waals surface area contributed by atoms with Crippen LogP contribution in [0.15, 0.2) is 42.9 Å². The zero-order valence-corrected chi connectivity index (χ0v) is 12.4. The average Bonchev–Trinajstić information content (AvgIpc) is 3.09. The molecule has 2 aliphatic heterocycles. The molecule has 4 heterocycles. The van der Waals surface area contributed by atoms with Crippen LogP contribution in [0.3, 0.4) is 0 Å². The SMILES string of the molecule is Clc1cnccc1N1CCC2CN(c3ccccn3)CC21. The smallest absolute Gasteiger partial charge is 0.128 e. The second kappa shape index (κ2) is 5.19. The van der Waals surface area contributed by atoms with Crippen molar-refractivity contribution in [1.82, 2.24) is 9.97 Å². The van der Waals surface area contributed by atoms with Crippen molar-refractivity contribution in [1.29, 1.82) is 0 Å². The summed E-state index contributed by atoms with van der Waals surface area (Å²) >= 11 is 6.32. The van der Waals surface area contributed by atoms with E-state index in [1.165, 1.54) is 6.42 Å². The minimum Gasteiger partial charge on any atom is -0.365 e. The van der Waals surface area contributed by atoms with Crippen LogP contribution < -0.4 is 9.80 Å². The molecule has 2 aromatic rings. The lowest BCUT2D eigenvalue weighted by Crippen LogP contribution is -2.35. The molecule has 2 atom stereocenters. The molecule has 2 aliphatic rings. The van der Waals surface area contributed by atoms with Crippen molar-refractivity contribution in [2.75, 3.05) is 29.4 Å². The standard InChI is InChI=1S/C16H17ClN4/c17-13-9-18-7-4-14(13)21-8-5-12-10-20(11-15(12)21)16-3-1-2-6-19-16/h1-4,6-7,9,12,15H,5,8,10-11H2. The van der Waals surface area contributed by atoms with E-state index >= 15 is 0 Å². The molecule has 108 valence electrons. The summed E-state index contributed by atoms with van der Waals surface area (Å²) in [5.74, 6) is 1.77. The molecular formula is C16H17ClN4. The topological polar surface area (TPSA) is 32.3 Å². The maximum absolute atomic E-state index is 6.32. The van der Waals surface area contributed by atoms with Gasteiger partial charge in [0, 0.05) is 44.1 Å². The third-order valence-corrected chi connectivity index (χ3v) is 4.87. The van der Waals surface area contributed by atoms with Crippen molar-refractivity contribution in [2.24, 2.45) is 5.92 Å². The fraction of sp³-hybridized carbons (Fsp3) is 0.375. The predicted octanol–water partition coefficient (Wildman–Crippen LogP) is 2.85. The third-order valence-electron chi connectivity index (χ3n) is 4.58. The van der Waals surface area contributed by atoms with Crippen molar-refractivity contribution in [2.45, 2.75) is 12.5 Å². The van der Waals surface area contributed by atoms with Crippen molar-refractivity contribution in [3.8, 4) is 0 Å². The Kier molecular flexibility index (Phi) is 3.19. The van der Waals surface area contributed by atoms with E-state index in [1.807, 2.05) is 30.6 Å². The summed E-state index contributed by atoms with van der Waals surface area (Å²) in [6.07, 6.45) is 6.63. The van der Waals surface area contributed by atoms with Crippen LogP contribution in [0.4, 0.5) is 11.5 Å². The Morgan fingerprint density at radius 3 is 2.90 bits per heavy atom. The fourth-order valence-electron chi connectivity index (χ4n) is 3.59. The molecule has 5 heteroatoms. The van der Waals surface area contributed by atoms with Crippen LogP contribution in [-0.2, 0) is 0 Å². The fourth-order valence-corrected chi connectivity index (χ4v) is 3.82. The largest absolute Gasteiger partial charge is 0.365 e. The van der Waals surface area contributed by atoms with Gasteiger partial charge >= 0.3 is 0 Å². The van der Waals surface area contributed by atoms with Crippen LogP contribution in [0.1, 0.15) is 6.42 Å². The summed E-state index contributed by atoms with van der Waals surface area (Å²) in [5, 5.41) is 0.745. The second-order valence-electron chi connectivity index (χ2n) is 5.73. The van der Waals surface area contributed by atoms with E-state index in [0.717, 1.165) is 36.2 Å². The van der Waals surface area contributed by atoms with Crippen LogP contribution in [0.5, 0.6) is 0 Å². The lowest BCUT2D eigenvalue weighted by Gasteiger charge is -2.27. The predicted molar refractivity (Wildman–Crippen MR) is 84.9 cm³/mol. The molecule has 2 fully saturated rings. The van der Waals surface area contributed by atoms with E-state index in [0.29, 0.717) is 12.0 Å². The molecule has 0 bridgehead atoms. The number of hydrogen-bond donors (Lipinski definition) is 0. The number of rotatable bonds is 2. The number of nitrogens with zero attached hydrogens (tertiary/aromatic N) is 4. The van der Waals surface area contributed by atoms with Gasteiger partial charge in [-0.1, -0.05) is 17.7 Å². The second-order valence-corrected chi connectivity index (χ2v) is 6.14. The first kappa shape index (κ1) is 12.9. The number of fused-ring (bicyclic) bond motifs is 1. The summed E-state index contributed by atoms with van der Waals surface area (Å²) in [6.45, 7) is 3.18. The van der Waals surface area contributed by atoms with E-state index in [9.17, 15) is 0 Å². The third kappa shape index (κ3) is 2.23. The molecule has 2 unspecified atom stereocenters. The van der Waals surface area contributed by atoms with Crippen LogP contribution >= 0.6 is 11.6 Å². The summed E-state index contributed by atoms with van der Waals surface area (Å²) in [6, 6.07) is 8.64. The molecule has 2 aromatic heterocycles. The molecule has 0 saturated carbocycles. The molecule has 2 saturated heterocycles. The zero-order valence-electron chi connectivity index (χ0n) is 11.7. The average molecular weight is 301 g/mol.